The molecule has 0 saturated heterocycles. The van der Waals surface area contributed by atoms with Crippen LogP contribution in [0.5, 0.6) is 5.75 Å². The molecule has 122 valence electrons. The van der Waals surface area contributed by atoms with E-state index in [1.165, 1.54) is 25.7 Å². The minimum absolute atomic E-state index is 0.635. The number of nitriles is 1. The summed E-state index contributed by atoms with van der Waals surface area (Å²) in [6.45, 7) is 3.06. The predicted molar refractivity (Wildman–Crippen MR) is 94.9 cm³/mol. The van der Waals surface area contributed by atoms with Crippen LogP contribution in [0.15, 0.2) is 24.3 Å². The second-order valence-electron chi connectivity index (χ2n) is 6.38. The normalized spacial score (nSPS) is 21.2. The molecule has 1 fully saturated rings. The van der Waals surface area contributed by atoms with Crippen molar-refractivity contribution in [3.8, 4) is 11.8 Å². The van der Waals surface area contributed by atoms with Gasteiger partial charge in [-0.3, -0.25) is 4.21 Å². The first-order valence-corrected chi connectivity index (χ1v) is 10.2. The second-order valence-corrected chi connectivity index (χ2v) is 9.25. The van der Waals surface area contributed by atoms with Crippen LogP contribution in [-0.4, -0.2) is 29.2 Å². The highest BCUT2D eigenvalue weighted by atomic mass is 32.2. The van der Waals surface area contributed by atoms with Crippen molar-refractivity contribution in [3.05, 3.63) is 29.8 Å². The Labute approximate surface area is 135 Å². The van der Waals surface area contributed by atoms with E-state index in [0.717, 1.165) is 18.3 Å². The van der Waals surface area contributed by atoms with Crippen LogP contribution in [0.1, 0.15) is 38.2 Å². The predicted octanol–water partition coefficient (Wildman–Crippen LogP) is 3.73. The molecule has 0 bridgehead atoms. The maximum atomic E-state index is 10.1. The van der Waals surface area contributed by atoms with Crippen molar-refractivity contribution < 1.29 is 8.95 Å². The molecule has 0 spiro atoms. The van der Waals surface area contributed by atoms with Crippen LogP contribution in [0, 0.1) is 23.2 Å². The third kappa shape index (κ3) is 7.51. The van der Waals surface area contributed by atoms with Gasteiger partial charge in [-0.15, -0.1) is 0 Å². The number of para-hydroxylation sites is 1. The molecular weight excluding hydrogens is 294 g/mol. The van der Waals surface area contributed by atoms with Gasteiger partial charge in [0, 0.05) is 12.5 Å². The molecule has 1 unspecified atom stereocenters. The van der Waals surface area contributed by atoms with Gasteiger partial charge in [0.05, 0.1) is 12.2 Å². The molecule has 1 aliphatic carbocycles. The van der Waals surface area contributed by atoms with E-state index in [4.69, 9.17) is 10.00 Å². The third-order valence-corrected chi connectivity index (χ3v) is 3.75. The maximum absolute atomic E-state index is 10.1. The van der Waals surface area contributed by atoms with Crippen molar-refractivity contribution >= 4 is 15.4 Å². The highest BCUT2D eigenvalue weighted by Crippen LogP contribution is 2.30. The monoisotopic (exact) mass is 321 g/mol. The fourth-order valence-electron chi connectivity index (χ4n) is 2.52. The third-order valence-electron chi connectivity index (χ3n) is 3.75. The SMILES string of the molecule is C=S(C)(C)=O.CC1CCCC[C@@H]1COc1ccccc1C#N. The van der Waals surface area contributed by atoms with Gasteiger partial charge in [0.1, 0.15) is 11.8 Å². The summed E-state index contributed by atoms with van der Waals surface area (Å²) in [6.07, 6.45) is 8.45. The zero-order valence-electron chi connectivity index (χ0n) is 13.9. The summed E-state index contributed by atoms with van der Waals surface area (Å²) in [5.41, 5.74) is 0.635. The Morgan fingerprint density at radius 2 is 1.91 bits per heavy atom. The molecule has 4 heteroatoms. The van der Waals surface area contributed by atoms with Gasteiger partial charge in [-0.25, -0.2) is 0 Å². The summed E-state index contributed by atoms with van der Waals surface area (Å²) in [7, 11) is -1.67. The summed E-state index contributed by atoms with van der Waals surface area (Å²) in [5, 5.41) is 8.98. The van der Waals surface area contributed by atoms with Gasteiger partial charge in [0.25, 0.3) is 0 Å². The Kier molecular flexibility index (Phi) is 7.47. The number of hydrogen-bond acceptors (Lipinski definition) is 3. The van der Waals surface area contributed by atoms with Gasteiger partial charge in [-0.2, -0.15) is 5.26 Å². The Hall–Kier alpha value is -1.47. The molecule has 1 saturated carbocycles. The highest BCUT2D eigenvalue weighted by molar-refractivity contribution is 7.98. The van der Waals surface area contributed by atoms with E-state index >= 15 is 0 Å². The largest absolute Gasteiger partial charge is 0.492 e. The fraction of sp³-hybridized carbons (Fsp3) is 0.556. The average molecular weight is 321 g/mol. The average Bonchev–Trinajstić information content (AvgIpc) is 2.45. The van der Waals surface area contributed by atoms with Gasteiger partial charge < -0.3 is 4.74 Å². The van der Waals surface area contributed by atoms with Gasteiger partial charge in [-0.1, -0.05) is 38.3 Å². The molecule has 0 amide bonds. The molecule has 0 heterocycles. The van der Waals surface area contributed by atoms with Gasteiger partial charge in [-0.05, 0) is 45.8 Å². The molecule has 2 rings (SSSR count). The van der Waals surface area contributed by atoms with E-state index < -0.39 is 9.52 Å². The van der Waals surface area contributed by atoms with Crippen LogP contribution < -0.4 is 4.74 Å². The first kappa shape index (κ1) is 18.6. The van der Waals surface area contributed by atoms with Crippen LogP contribution in [0.2, 0.25) is 0 Å². The summed E-state index contributed by atoms with van der Waals surface area (Å²) in [6, 6.07) is 9.64. The molecule has 0 aliphatic heterocycles. The molecule has 0 aromatic heterocycles. The first-order chi connectivity index (χ1) is 10.3. The van der Waals surface area contributed by atoms with E-state index in [1.54, 1.807) is 18.6 Å². The van der Waals surface area contributed by atoms with Gasteiger partial charge in [0.2, 0.25) is 0 Å². The Balaban J connectivity index is 0.000000422. The molecule has 3 nitrogen and oxygen atoms in total. The highest BCUT2D eigenvalue weighted by Gasteiger charge is 2.22. The molecule has 1 aromatic carbocycles. The first-order valence-electron chi connectivity index (χ1n) is 7.70. The van der Waals surface area contributed by atoms with E-state index in [2.05, 4.69) is 18.9 Å². The molecule has 1 aromatic rings. The van der Waals surface area contributed by atoms with Crippen LogP contribution in [0.4, 0.5) is 0 Å². The van der Waals surface area contributed by atoms with Crippen molar-refractivity contribution in [1.29, 1.82) is 5.26 Å². The molecule has 1 aliphatic rings. The van der Waals surface area contributed by atoms with E-state index in [-0.39, 0.29) is 0 Å². The number of nitrogens with zero attached hydrogens (tertiary/aromatic N) is 1. The standard InChI is InChI=1S/C15H19NO.C3H8OS/c1-12-6-2-3-8-14(12)11-17-15-9-5-4-7-13(15)10-16;1-5(2,3)4/h4-5,7,9,12,14H,2-3,6,8,11H2,1H3;1H2,2-3H3/t12?,14-;/m1./s1. The minimum Gasteiger partial charge on any atom is -0.492 e. The maximum Gasteiger partial charge on any atom is 0.137 e. The lowest BCUT2D eigenvalue weighted by molar-refractivity contribution is 0.159. The van der Waals surface area contributed by atoms with Crippen LogP contribution in [0.25, 0.3) is 0 Å². The van der Waals surface area contributed by atoms with Gasteiger partial charge >= 0.3 is 0 Å². The number of ether oxygens (including phenoxy) is 1. The smallest absolute Gasteiger partial charge is 0.137 e. The molecule has 22 heavy (non-hydrogen) atoms. The van der Waals surface area contributed by atoms with Crippen LogP contribution in [0.3, 0.4) is 0 Å². The van der Waals surface area contributed by atoms with E-state index in [1.807, 2.05) is 18.2 Å². The Morgan fingerprint density at radius 1 is 1.32 bits per heavy atom. The molecule has 2 atom stereocenters. The van der Waals surface area contributed by atoms with Gasteiger partial charge in [0.15, 0.2) is 0 Å². The second kappa shape index (κ2) is 8.85. The number of hydrogen-bond donors (Lipinski definition) is 0. The zero-order valence-corrected chi connectivity index (χ0v) is 14.7. The number of benzene rings is 1. The molecule has 0 radical (unpaired) electrons. The molecule has 0 N–H and O–H groups in total. The lowest BCUT2D eigenvalue weighted by Gasteiger charge is -2.28. The van der Waals surface area contributed by atoms with Crippen LogP contribution >= 0.6 is 0 Å². The lowest BCUT2D eigenvalue weighted by Crippen LogP contribution is -2.23. The van der Waals surface area contributed by atoms with Crippen molar-refractivity contribution in [3.63, 3.8) is 0 Å². The topological polar surface area (TPSA) is 50.1 Å². The summed E-state index contributed by atoms with van der Waals surface area (Å²) < 4.78 is 15.9. The summed E-state index contributed by atoms with van der Waals surface area (Å²) >= 11 is 0. The van der Waals surface area contributed by atoms with Crippen molar-refractivity contribution in [2.24, 2.45) is 11.8 Å². The Bertz CT molecular complexity index is 594. The Morgan fingerprint density at radius 3 is 2.50 bits per heavy atom. The van der Waals surface area contributed by atoms with E-state index in [9.17, 15) is 4.21 Å². The van der Waals surface area contributed by atoms with Crippen molar-refractivity contribution in [1.82, 2.24) is 0 Å². The quantitative estimate of drug-likeness (QED) is 0.797. The zero-order chi connectivity index (χ0) is 16.6. The van der Waals surface area contributed by atoms with E-state index in [0.29, 0.717) is 11.5 Å². The van der Waals surface area contributed by atoms with Crippen molar-refractivity contribution in [2.75, 3.05) is 19.1 Å². The van der Waals surface area contributed by atoms with Crippen molar-refractivity contribution in [2.45, 2.75) is 32.6 Å². The fourth-order valence-corrected chi connectivity index (χ4v) is 2.52. The summed E-state index contributed by atoms with van der Waals surface area (Å²) in [5.74, 6) is 5.42. The minimum atomic E-state index is -1.67. The lowest BCUT2D eigenvalue weighted by atomic mass is 9.81. The summed E-state index contributed by atoms with van der Waals surface area (Å²) in [4.78, 5) is 0. The molecular formula is C18H27NO2S. The van der Waals surface area contributed by atoms with Crippen LogP contribution in [-0.2, 0) is 9.52 Å². The number of rotatable bonds is 3.